The summed E-state index contributed by atoms with van der Waals surface area (Å²) in [6, 6.07) is 4.48. The van der Waals surface area contributed by atoms with Crippen LogP contribution in [0.15, 0.2) is 23.1 Å². The second-order valence-corrected chi connectivity index (χ2v) is 7.41. The van der Waals surface area contributed by atoms with Crippen molar-refractivity contribution in [1.82, 2.24) is 4.31 Å². The van der Waals surface area contributed by atoms with Crippen molar-refractivity contribution in [2.24, 2.45) is 5.92 Å². The minimum atomic E-state index is -3.87. The van der Waals surface area contributed by atoms with Gasteiger partial charge in [0.15, 0.2) is 0 Å². The molecule has 0 atom stereocenters. The lowest BCUT2D eigenvalue weighted by atomic mass is 9.99. The van der Waals surface area contributed by atoms with Crippen LogP contribution in [0.1, 0.15) is 28.8 Å². The van der Waals surface area contributed by atoms with Gasteiger partial charge in [-0.05, 0) is 31.9 Å². The standard InChI is InChI=1S/C15H19NO6S/c1-10-3-4-13(12(9-10)15(19)22-2)23(20,21)16-7-5-11(6-8-16)14(17)18/h3-4,9,11H,5-8H2,1-2H3,(H,17,18). The predicted octanol–water partition coefficient (Wildman–Crippen LogP) is 1.27. The van der Waals surface area contributed by atoms with Crippen molar-refractivity contribution in [2.75, 3.05) is 20.2 Å². The van der Waals surface area contributed by atoms with Crippen LogP contribution in [0.3, 0.4) is 0 Å². The number of carbonyl (C=O) groups is 2. The third-order valence-electron chi connectivity index (χ3n) is 3.96. The normalized spacial score (nSPS) is 17.0. The highest BCUT2D eigenvalue weighted by atomic mass is 32.2. The number of nitrogens with zero attached hydrogens (tertiary/aromatic N) is 1. The molecule has 7 nitrogen and oxygen atoms in total. The summed E-state index contributed by atoms with van der Waals surface area (Å²) in [5.41, 5.74) is 0.738. The van der Waals surface area contributed by atoms with Gasteiger partial charge in [-0.3, -0.25) is 4.79 Å². The van der Waals surface area contributed by atoms with Gasteiger partial charge in [0.1, 0.15) is 0 Å². The highest BCUT2D eigenvalue weighted by Gasteiger charge is 2.34. The fourth-order valence-corrected chi connectivity index (χ4v) is 4.25. The molecule has 126 valence electrons. The average Bonchev–Trinajstić information content (AvgIpc) is 2.53. The molecular formula is C15H19NO6S. The number of sulfonamides is 1. The smallest absolute Gasteiger partial charge is 0.339 e. The first-order valence-corrected chi connectivity index (χ1v) is 8.63. The summed E-state index contributed by atoms with van der Waals surface area (Å²) in [5, 5.41) is 8.99. The number of carbonyl (C=O) groups excluding carboxylic acids is 1. The summed E-state index contributed by atoms with van der Waals surface area (Å²) in [7, 11) is -2.68. The molecule has 0 aliphatic carbocycles. The first-order chi connectivity index (χ1) is 10.8. The second-order valence-electron chi connectivity index (χ2n) is 5.51. The molecule has 1 aromatic rings. The van der Waals surface area contributed by atoms with Crippen molar-refractivity contribution in [2.45, 2.75) is 24.7 Å². The zero-order valence-corrected chi connectivity index (χ0v) is 13.8. The van der Waals surface area contributed by atoms with Crippen LogP contribution in [0.25, 0.3) is 0 Å². The van der Waals surface area contributed by atoms with Gasteiger partial charge < -0.3 is 9.84 Å². The van der Waals surface area contributed by atoms with Crippen molar-refractivity contribution in [3.8, 4) is 0 Å². The van der Waals surface area contributed by atoms with Gasteiger partial charge in [0.05, 0.1) is 23.5 Å². The predicted molar refractivity (Wildman–Crippen MR) is 81.6 cm³/mol. The largest absolute Gasteiger partial charge is 0.481 e. The van der Waals surface area contributed by atoms with Gasteiger partial charge in [-0.15, -0.1) is 0 Å². The van der Waals surface area contributed by atoms with E-state index in [2.05, 4.69) is 4.74 Å². The minimum absolute atomic E-state index is 0.00661. The number of ether oxygens (including phenoxy) is 1. The molecule has 2 rings (SSSR count). The number of hydrogen-bond acceptors (Lipinski definition) is 5. The number of benzene rings is 1. The molecule has 0 saturated carbocycles. The van der Waals surface area contributed by atoms with Gasteiger partial charge in [0.2, 0.25) is 10.0 Å². The maximum atomic E-state index is 12.8. The van der Waals surface area contributed by atoms with Crippen LogP contribution in [-0.4, -0.2) is 50.0 Å². The molecule has 0 radical (unpaired) electrons. The van der Waals surface area contributed by atoms with E-state index in [0.29, 0.717) is 0 Å². The Balaban J connectivity index is 2.34. The van der Waals surface area contributed by atoms with Gasteiger partial charge in [-0.25, -0.2) is 13.2 Å². The van der Waals surface area contributed by atoms with Crippen LogP contribution >= 0.6 is 0 Å². The summed E-state index contributed by atoms with van der Waals surface area (Å²) in [4.78, 5) is 22.7. The lowest BCUT2D eigenvalue weighted by Gasteiger charge is -2.29. The van der Waals surface area contributed by atoms with Crippen molar-refractivity contribution < 1.29 is 27.9 Å². The van der Waals surface area contributed by atoms with Crippen LogP contribution in [0.2, 0.25) is 0 Å². The Morgan fingerprint density at radius 2 is 1.87 bits per heavy atom. The van der Waals surface area contributed by atoms with Crippen LogP contribution in [0, 0.1) is 12.8 Å². The van der Waals surface area contributed by atoms with Crippen molar-refractivity contribution in [3.63, 3.8) is 0 Å². The molecule has 1 aliphatic rings. The maximum absolute atomic E-state index is 12.8. The number of aryl methyl sites for hydroxylation is 1. The lowest BCUT2D eigenvalue weighted by molar-refractivity contribution is -0.142. The molecule has 1 aliphatic heterocycles. The Morgan fingerprint density at radius 1 is 1.26 bits per heavy atom. The summed E-state index contributed by atoms with van der Waals surface area (Å²) in [6.45, 7) is 1.99. The number of rotatable bonds is 4. The number of hydrogen-bond donors (Lipinski definition) is 1. The van der Waals surface area contributed by atoms with Crippen LogP contribution in [0.5, 0.6) is 0 Å². The summed E-state index contributed by atoms with van der Waals surface area (Å²) < 4.78 is 31.5. The highest BCUT2D eigenvalue weighted by molar-refractivity contribution is 7.89. The van der Waals surface area contributed by atoms with E-state index in [1.807, 2.05) is 0 Å². The van der Waals surface area contributed by atoms with E-state index in [9.17, 15) is 18.0 Å². The molecule has 0 spiro atoms. The molecule has 23 heavy (non-hydrogen) atoms. The average molecular weight is 341 g/mol. The summed E-state index contributed by atoms with van der Waals surface area (Å²) in [6.07, 6.45) is 0.516. The SMILES string of the molecule is COC(=O)c1cc(C)ccc1S(=O)(=O)N1CCC(C(=O)O)CC1. The molecule has 0 aromatic heterocycles. The van der Waals surface area contributed by atoms with E-state index in [-0.39, 0.29) is 36.4 Å². The minimum Gasteiger partial charge on any atom is -0.481 e. The van der Waals surface area contributed by atoms with Crippen LogP contribution < -0.4 is 0 Å². The third-order valence-corrected chi connectivity index (χ3v) is 5.92. The van der Waals surface area contributed by atoms with Gasteiger partial charge in [-0.2, -0.15) is 4.31 Å². The number of piperidine rings is 1. The molecule has 1 aromatic carbocycles. The topological polar surface area (TPSA) is 101 Å². The van der Waals surface area contributed by atoms with Gasteiger partial charge in [-0.1, -0.05) is 11.6 Å². The monoisotopic (exact) mass is 341 g/mol. The van der Waals surface area contributed by atoms with E-state index in [1.165, 1.54) is 23.5 Å². The van der Waals surface area contributed by atoms with Crippen LogP contribution in [-0.2, 0) is 19.6 Å². The number of methoxy groups -OCH3 is 1. The van der Waals surface area contributed by atoms with Crippen molar-refractivity contribution in [1.29, 1.82) is 0 Å². The summed E-state index contributed by atoms with van der Waals surface area (Å²) >= 11 is 0. The molecular weight excluding hydrogens is 322 g/mol. The molecule has 1 fully saturated rings. The molecule has 1 heterocycles. The van der Waals surface area contributed by atoms with Gasteiger partial charge in [0.25, 0.3) is 0 Å². The molecule has 0 amide bonds. The summed E-state index contributed by atoms with van der Waals surface area (Å²) in [5.74, 6) is -2.15. The highest BCUT2D eigenvalue weighted by Crippen LogP contribution is 2.27. The number of esters is 1. The van der Waals surface area contributed by atoms with E-state index >= 15 is 0 Å². The first kappa shape index (κ1) is 17.4. The Kier molecular flexibility index (Phi) is 5.06. The molecule has 1 saturated heterocycles. The fraction of sp³-hybridized carbons (Fsp3) is 0.467. The van der Waals surface area contributed by atoms with Gasteiger partial charge >= 0.3 is 11.9 Å². The maximum Gasteiger partial charge on any atom is 0.339 e. The Morgan fingerprint density at radius 3 is 2.39 bits per heavy atom. The Bertz CT molecular complexity index is 719. The van der Waals surface area contributed by atoms with E-state index in [0.717, 1.165) is 5.56 Å². The second kappa shape index (κ2) is 6.67. The Labute approximate surface area is 134 Å². The zero-order valence-electron chi connectivity index (χ0n) is 13.0. The van der Waals surface area contributed by atoms with Crippen molar-refractivity contribution in [3.05, 3.63) is 29.3 Å². The number of aliphatic carboxylic acids is 1. The quantitative estimate of drug-likeness (QED) is 0.828. The Hall–Kier alpha value is -1.93. The van der Waals surface area contributed by atoms with E-state index in [4.69, 9.17) is 5.11 Å². The fourth-order valence-electron chi connectivity index (χ4n) is 2.62. The zero-order chi connectivity index (χ0) is 17.2. The van der Waals surface area contributed by atoms with Gasteiger partial charge in [0, 0.05) is 13.1 Å². The third kappa shape index (κ3) is 3.53. The molecule has 0 unspecified atom stereocenters. The molecule has 0 bridgehead atoms. The first-order valence-electron chi connectivity index (χ1n) is 7.19. The number of carboxylic acids is 1. The van der Waals surface area contributed by atoms with E-state index < -0.39 is 27.9 Å². The van der Waals surface area contributed by atoms with Crippen LogP contribution in [0.4, 0.5) is 0 Å². The lowest BCUT2D eigenvalue weighted by Crippen LogP contribution is -2.40. The number of carboxylic acid groups (broad SMARTS) is 1. The van der Waals surface area contributed by atoms with E-state index in [1.54, 1.807) is 13.0 Å². The molecule has 8 heteroatoms. The van der Waals surface area contributed by atoms with Crippen molar-refractivity contribution >= 4 is 22.0 Å². The molecule has 1 N–H and O–H groups in total.